The molecule has 0 bridgehead atoms. The smallest absolute Gasteiger partial charge is 0.0587 e. The molecule has 3 atom stereocenters. The Morgan fingerprint density at radius 1 is 1.26 bits per heavy atom. The number of hydrogen-bond donors (Lipinski definition) is 1. The van der Waals surface area contributed by atoms with E-state index in [-0.39, 0.29) is 0 Å². The summed E-state index contributed by atoms with van der Waals surface area (Å²) in [6.45, 7) is 7.70. The molecule has 1 saturated heterocycles. The van der Waals surface area contributed by atoms with Crippen LogP contribution in [0.3, 0.4) is 0 Å². The van der Waals surface area contributed by atoms with Gasteiger partial charge in [-0.25, -0.2) is 0 Å². The summed E-state index contributed by atoms with van der Waals surface area (Å²) >= 11 is 0. The lowest BCUT2D eigenvalue weighted by atomic mass is 9.93. The lowest BCUT2D eigenvalue weighted by Gasteiger charge is -2.34. The average molecular weight is 261 g/mol. The van der Waals surface area contributed by atoms with E-state index in [9.17, 15) is 0 Å². The van der Waals surface area contributed by atoms with Crippen LogP contribution in [0.25, 0.3) is 0 Å². The molecule has 2 nitrogen and oxygen atoms in total. The van der Waals surface area contributed by atoms with Crippen LogP contribution in [0.2, 0.25) is 0 Å². The predicted octanol–water partition coefficient (Wildman–Crippen LogP) is 3.93. The van der Waals surface area contributed by atoms with Crippen molar-refractivity contribution in [2.24, 2.45) is 5.92 Å². The number of benzene rings is 1. The van der Waals surface area contributed by atoms with E-state index < -0.39 is 0 Å². The first kappa shape index (κ1) is 14.5. The molecular weight excluding hydrogens is 234 g/mol. The van der Waals surface area contributed by atoms with Crippen molar-refractivity contribution in [3.8, 4) is 0 Å². The van der Waals surface area contributed by atoms with Crippen LogP contribution < -0.4 is 5.32 Å². The van der Waals surface area contributed by atoms with Gasteiger partial charge in [0.25, 0.3) is 0 Å². The Kier molecular flexibility index (Phi) is 5.41. The van der Waals surface area contributed by atoms with Crippen LogP contribution in [0.1, 0.15) is 51.6 Å². The highest BCUT2D eigenvalue weighted by Crippen LogP contribution is 2.25. The number of hydrogen-bond acceptors (Lipinski definition) is 2. The summed E-state index contributed by atoms with van der Waals surface area (Å²) in [7, 11) is 0. The Hall–Kier alpha value is -0.860. The molecule has 3 unspecified atom stereocenters. The zero-order valence-electron chi connectivity index (χ0n) is 12.4. The zero-order valence-corrected chi connectivity index (χ0v) is 12.4. The fraction of sp³-hybridized carbons (Fsp3) is 0.647. The zero-order chi connectivity index (χ0) is 13.7. The van der Waals surface area contributed by atoms with Crippen molar-refractivity contribution in [3.05, 3.63) is 35.9 Å². The van der Waals surface area contributed by atoms with E-state index in [1.807, 2.05) is 0 Å². The van der Waals surface area contributed by atoms with Crippen LogP contribution in [0, 0.1) is 5.92 Å². The number of rotatable bonds is 5. The lowest BCUT2D eigenvalue weighted by Crippen LogP contribution is -2.42. The van der Waals surface area contributed by atoms with Crippen LogP contribution in [-0.4, -0.2) is 18.8 Å². The minimum absolute atomic E-state index is 0.440. The maximum Gasteiger partial charge on any atom is 0.0587 e. The maximum absolute atomic E-state index is 5.77. The molecule has 1 heterocycles. The molecule has 106 valence electrons. The summed E-state index contributed by atoms with van der Waals surface area (Å²) in [6, 6.07) is 11.8. The Morgan fingerprint density at radius 3 is 2.63 bits per heavy atom. The summed E-state index contributed by atoms with van der Waals surface area (Å²) in [5, 5.41) is 3.86. The second-order valence-electron chi connectivity index (χ2n) is 5.92. The van der Waals surface area contributed by atoms with Crippen molar-refractivity contribution in [2.45, 2.75) is 58.2 Å². The second kappa shape index (κ2) is 7.06. The molecule has 2 heteroatoms. The van der Waals surface area contributed by atoms with Gasteiger partial charge in [0.15, 0.2) is 0 Å². The topological polar surface area (TPSA) is 21.3 Å². The third-order valence-electron chi connectivity index (χ3n) is 4.06. The van der Waals surface area contributed by atoms with Gasteiger partial charge in [-0.2, -0.15) is 0 Å². The SMILES string of the molecule is CCC1CC(NC(c2ccccc2)C(C)C)CCO1. The van der Waals surface area contributed by atoms with E-state index in [0.29, 0.717) is 24.1 Å². The molecule has 1 aliphatic rings. The van der Waals surface area contributed by atoms with Gasteiger partial charge in [0.2, 0.25) is 0 Å². The van der Waals surface area contributed by atoms with Crippen molar-refractivity contribution >= 4 is 0 Å². The summed E-state index contributed by atoms with van der Waals surface area (Å²) in [4.78, 5) is 0. The second-order valence-corrected chi connectivity index (χ2v) is 5.92. The van der Waals surface area contributed by atoms with Gasteiger partial charge in [0.1, 0.15) is 0 Å². The molecule has 0 radical (unpaired) electrons. The molecule has 1 aromatic rings. The predicted molar refractivity (Wildman–Crippen MR) is 80.2 cm³/mol. The monoisotopic (exact) mass is 261 g/mol. The molecule has 2 rings (SSSR count). The summed E-state index contributed by atoms with van der Waals surface area (Å²) in [5.74, 6) is 0.602. The quantitative estimate of drug-likeness (QED) is 0.867. The minimum Gasteiger partial charge on any atom is -0.378 e. The van der Waals surface area contributed by atoms with Crippen molar-refractivity contribution in [1.29, 1.82) is 0 Å². The third kappa shape index (κ3) is 4.05. The molecular formula is C17H27NO. The lowest BCUT2D eigenvalue weighted by molar-refractivity contribution is -0.00304. The van der Waals surface area contributed by atoms with Crippen molar-refractivity contribution in [1.82, 2.24) is 5.32 Å². The molecule has 1 fully saturated rings. The normalized spacial score (nSPS) is 25.5. The molecule has 1 aromatic carbocycles. The Bertz CT molecular complexity index is 363. The van der Waals surface area contributed by atoms with Crippen molar-refractivity contribution in [3.63, 3.8) is 0 Å². The highest BCUT2D eigenvalue weighted by Gasteiger charge is 2.25. The summed E-state index contributed by atoms with van der Waals surface area (Å²) < 4.78 is 5.77. The van der Waals surface area contributed by atoms with Crippen LogP contribution >= 0.6 is 0 Å². The van der Waals surface area contributed by atoms with E-state index in [1.54, 1.807) is 0 Å². The molecule has 19 heavy (non-hydrogen) atoms. The van der Waals surface area contributed by atoms with E-state index >= 15 is 0 Å². The molecule has 0 aromatic heterocycles. The average Bonchev–Trinajstić information content (AvgIpc) is 2.45. The molecule has 0 aliphatic carbocycles. The van der Waals surface area contributed by atoms with E-state index in [1.165, 1.54) is 5.56 Å². The standard InChI is InChI=1S/C17H27NO/c1-4-16-12-15(10-11-19-16)18-17(13(2)3)14-8-6-5-7-9-14/h5-9,13,15-18H,4,10-12H2,1-3H3. The number of ether oxygens (including phenoxy) is 1. The fourth-order valence-corrected chi connectivity index (χ4v) is 2.90. The Balaban J connectivity index is 2.01. The third-order valence-corrected chi connectivity index (χ3v) is 4.06. The number of nitrogens with one attached hydrogen (secondary N) is 1. The van der Waals surface area contributed by atoms with Gasteiger partial charge in [-0.05, 0) is 30.7 Å². The Labute approximate surface area is 117 Å². The van der Waals surface area contributed by atoms with E-state index in [0.717, 1.165) is 25.9 Å². The molecule has 0 saturated carbocycles. The largest absolute Gasteiger partial charge is 0.378 e. The Morgan fingerprint density at radius 2 is 2.00 bits per heavy atom. The highest BCUT2D eigenvalue weighted by molar-refractivity contribution is 5.19. The molecule has 0 amide bonds. The van der Waals surface area contributed by atoms with E-state index in [2.05, 4.69) is 56.4 Å². The van der Waals surface area contributed by atoms with Crippen molar-refractivity contribution < 1.29 is 4.74 Å². The van der Waals surface area contributed by atoms with Gasteiger partial charge in [-0.3, -0.25) is 0 Å². The molecule has 1 aliphatic heterocycles. The summed E-state index contributed by atoms with van der Waals surface area (Å²) in [6.07, 6.45) is 3.84. The van der Waals surface area contributed by atoms with Gasteiger partial charge in [-0.15, -0.1) is 0 Å². The molecule has 1 N–H and O–H groups in total. The van der Waals surface area contributed by atoms with Crippen LogP contribution in [-0.2, 0) is 4.74 Å². The minimum atomic E-state index is 0.440. The first-order valence-corrected chi connectivity index (χ1v) is 7.63. The van der Waals surface area contributed by atoms with Crippen LogP contribution in [0.15, 0.2) is 30.3 Å². The molecule has 0 spiro atoms. The van der Waals surface area contributed by atoms with E-state index in [4.69, 9.17) is 4.74 Å². The van der Waals surface area contributed by atoms with Gasteiger partial charge < -0.3 is 10.1 Å². The van der Waals surface area contributed by atoms with Crippen molar-refractivity contribution in [2.75, 3.05) is 6.61 Å². The first-order chi connectivity index (χ1) is 9.20. The fourth-order valence-electron chi connectivity index (χ4n) is 2.90. The summed E-state index contributed by atoms with van der Waals surface area (Å²) in [5.41, 5.74) is 1.40. The maximum atomic E-state index is 5.77. The van der Waals surface area contributed by atoms with Crippen LogP contribution in [0.4, 0.5) is 0 Å². The van der Waals surface area contributed by atoms with Crippen LogP contribution in [0.5, 0.6) is 0 Å². The first-order valence-electron chi connectivity index (χ1n) is 7.63. The van der Waals surface area contributed by atoms with Gasteiger partial charge >= 0.3 is 0 Å². The van der Waals surface area contributed by atoms with Gasteiger partial charge in [0, 0.05) is 18.7 Å². The van der Waals surface area contributed by atoms with Gasteiger partial charge in [-0.1, -0.05) is 51.1 Å². The highest BCUT2D eigenvalue weighted by atomic mass is 16.5. The van der Waals surface area contributed by atoms with Gasteiger partial charge in [0.05, 0.1) is 6.10 Å².